The molecule has 0 saturated heterocycles. The van der Waals surface area contributed by atoms with Crippen molar-refractivity contribution < 1.29 is 41.0 Å². The summed E-state index contributed by atoms with van der Waals surface area (Å²) in [4.78, 5) is 19.5. The van der Waals surface area contributed by atoms with Crippen molar-refractivity contribution in [2.45, 2.75) is 37.8 Å². The Morgan fingerprint density at radius 1 is 1.00 bits per heavy atom. The standard InChI is InChI=1S/C13H13F3O.C2HF3O2/c14-11-6-13(16)12(15)5-10(11)9-3-1-8(7-17)2-4-9;3-2(4,5)1(6)7/h5-9H,1-4H2;(H,6,7). The summed E-state index contributed by atoms with van der Waals surface area (Å²) in [5.74, 6) is -5.71. The van der Waals surface area contributed by atoms with Crippen LogP contribution < -0.4 is 0 Å². The second-order valence-corrected chi connectivity index (χ2v) is 5.34. The molecular weight excluding hydrogens is 342 g/mol. The fourth-order valence-electron chi connectivity index (χ4n) is 2.42. The van der Waals surface area contributed by atoms with Crippen molar-refractivity contribution in [2.75, 3.05) is 0 Å². The molecule has 0 amide bonds. The van der Waals surface area contributed by atoms with Gasteiger partial charge in [-0.2, -0.15) is 13.2 Å². The van der Waals surface area contributed by atoms with Crippen LogP contribution in [0.2, 0.25) is 0 Å². The minimum atomic E-state index is -5.08. The van der Waals surface area contributed by atoms with Gasteiger partial charge in [-0.25, -0.2) is 18.0 Å². The van der Waals surface area contributed by atoms with Gasteiger partial charge in [-0.05, 0) is 43.2 Å². The molecule has 1 fully saturated rings. The highest BCUT2D eigenvalue weighted by molar-refractivity contribution is 5.73. The lowest BCUT2D eigenvalue weighted by molar-refractivity contribution is -0.192. The highest BCUT2D eigenvalue weighted by Gasteiger charge is 2.38. The van der Waals surface area contributed by atoms with E-state index in [9.17, 15) is 31.1 Å². The summed E-state index contributed by atoms with van der Waals surface area (Å²) < 4.78 is 71.1. The van der Waals surface area contributed by atoms with Gasteiger partial charge in [-0.15, -0.1) is 0 Å². The number of carboxylic acid groups (broad SMARTS) is 1. The average molecular weight is 356 g/mol. The summed E-state index contributed by atoms with van der Waals surface area (Å²) in [6, 6.07) is 1.53. The average Bonchev–Trinajstić information content (AvgIpc) is 2.51. The van der Waals surface area contributed by atoms with Crippen LogP contribution in [0.5, 0.6) is 0 Å². The fourth-order valence-corrected chi connectivity index (χ4v) is 2.42. The molecule has 1 aliphatic carbocycles. The van der Waals surface area contributed by atoms with Gasteiger partial charge >= 0.3 is 12.1 Å². The van der Waals surface area contributed by atoms with Gasteiger partial charge in [0.25, 0.3) is 0 Å². The molecule has 0 unspecified atom stereocenters. The summed E-state index contributed by atoms with van der Waals surface area (Å²) in [5, 5.41) is 7.12. The number of carbonyl (C=O) groups excluding carboxylic acids is 1. The SMILES string of the molecule is O=C(O)C(F)(F)F.O=CC1CCC(c2cc(F)c(F)cc2F)CC1. The van der Waals surface area contributed by atoms with Crippen molar-refractivity contribution in [3.8, 4) is 0 Å². The zero-order valence-corrected chi connectivity index (χ0v) is 12.2. The van der Waals surface area contributed by atoms with Crippen molar-refractivity contribution in [1.82, 2.24) is 0 Å². The molecule has 1 aromatic carbocycles. The predicted octanol–water partition coefficient (Wildman–Crippen LogP) is 4.21. The molecule has 2 rings (SSSR count). The van der Waals surface area contributed by atoms with Crippen LogP contribution in [0.4, 0.5) is 26.3 Å². The first kappa shape index (κ1) is 20.0. The zero-order valence-electron chi connectivity index (χ0n) is 12.2. The summed E-state index contributed by atoms with van der Waals surface area (Å²) in [6.07, 6.45) is -1.51. The Kier molecular flexibility index (Phi) is 6.80. The normalized spacial score (nSPS) is 20.8. The van der Waals surface area contributed by atoms with Crippen molar-refractivity contribution >= 4 is 12.3 Å². The van der Waals surface area contributed by atoms with E-state index in [-0.39, 0.29) is 17.4 Å². The van der Waals surface area contributed by atoms with E-state index < -0.39 is 29.6 Å². The molecule has 9 heteroatoms. The van der Waals surface area contributed by atoms with Crippen molar-refractivity contribution in [2.24, 2.45) is 5.92 Å². The van der Waals surface area contributed by atoms with Crippen LogP contribution in [0.1, 0.15) is 37.2 Å². The lowest BCUT2D eigenvalue weighted by Crippen LogP contribution is -2.21. The summed E-state index contributed by atoms with van der Waals surface area (Å²) in [7, 11) is 0. The molecule has 1 saturated carbocycles. The molecule has 0 aromatic heterocycles. The number of carboxylic acids is 1. The van der Waals surface area contributed by atoms with E-state index in [1.165, 1.54) is 0 Å². The number of alkyl halides is 3. The molecule has 0 heterocycles. The maximum atomic E-state index is 13.5. The molecule has 0 atom stereocenters. The maximum absolute atomic E-state index is 13.5. The van der Waals surface area contributed by atoms with E-state index in [4.69, 9.17) is 9.90 Å². The fraction of sp³-hybridized carbons (Fsp3) is 0.467. The monoisotopic (exact) mass is 356 g/mol. The Labute approximate surface area is 133 Å². The van der Waals surface area contributed by atoms with Gasteiger partial charge < -0.3 is 9.90 Å². The van der Waals surface area contributed by atoms with Gasteiger partial charge in [0, 0.05) is 12.0 Å². The minimum Gasteiger partial charge on any atom is -0.475 e. The molecule has 0 radical (unpaired) electrons. The first-order valence-corrected chi connectivity index (χ1v) is 6.96. The number of aldehydes is 1. The second-order valence-electron chi connectivity index (χ2n) is 5.34. The van der Waals surface area contributed by atoms with Gasteiger partial charge in [0.15, 0.2) is 11.6 Å². The molecule has 1 aliphatic rings. The number of hydrogen-bond acceptors (Lipinski definition) is 2. The number of carbonyl (C=O) groups is 2. The minimum absolute atomic E-state index is 0.0274. The number of halogens is 6. The van der Waals surface area contributed by atoms with Gasteiger partial charge in [-0.3, -0.25) is 0 Å². The van der Waals surface area contributed by atoms with E-state index >= 15 is 0 Å². The Morgan fingerprint density at radius 2 is 1.46 bits per heavy atom. The van der Waals surface area contributed by atoms with E-state index in [0.29, 0.717) is 31.7 Å². The number of aliphatic carboxylic acids is 1. The highest BCUT2D eigenvalue weighted by Crippen LogP contribution is 2.36. The smallest absolute Gasteiger partial charge is 0.475 e. The third-order valence-electron chi connectivity index (χ3n) is 3.69. The number of hydrogen-bond donors (Lipinski definition) is 1. The lowest BCUT2D eigenvalue weighted by Gasteiger charge is -2.26. The molecule has 0 spiro atoms. The number of benzene rings is 1. The van der Waals surface area contributed by atoms with Crippen LogP contribution in [-0.4, -0.2) is 23.5 Å². The molecule has 3 nitrogen and oxygen atoms in total. The second kappa shape index (κ2) is 8.16. The van der Waals surface area contributed by atoms with Crippen molar-refractivity contribution in [1.29, 1.82) is 0 Å². The summed E-state index contributed by atoms with van der Waals surface area (Å²) >= 11 is 0. The third kappa shape index (κ3) is 5.54. The lowest BCUT2D eigenvalue weighted by atomic mass is 9.79. The van der Waals surface area contributed by atoms with E-state index in [0.717, 1.165) is 12.4 Å². The van der Waals surface area contributed by atoms with Crippen LogP contribution in [0.25, 0.3) is 0 Å². The predicted molar refractivity (Wildman–Crippen MR) is 70.8 cm³/mol. The van der Waals surface area contributed by atoms with Crippen LogP contribution >= 0.6 is 0 Å². The van der Waals surface area contributed by atoms with E-state index in [2.05, 4.69) is 0 Å². The summed E-state index contributed by atoms with van der Waals surface area (Å²) in [5.41, 5.74) is 0.230. The van der Waals surface area contributed by atoms with E-state index in [1.54, 1.807) is 0 Å². The summed E-state index contributed by atoms with van der Waals surface area (Å²) in [6.45, 7) is 0. The Bertz CT molecular complexity index is 592. The zero-order chi connectivity index (χ0) is 18.5. The number of rotatable bonds is 2. The molecule has 1 N–H and O–H groups in total. The van der Waals surface area contributed by atoms with Crippen LogP contribution in [0.3, 0.4) is 0 Å². The van der Waals surface area contributed by atoms with Gasteiger partial charge in [0.05, 0.1) is 0 Å². The topological polar surface area (TPSA) is 54.4 Å². The Hall–Kier alpha value is -2.06. The Balaban J connectivity index is 0.000000351. The molecule has 24 heavy (non-hydrogen) atoms. The maximum Gasteiger partial charge on any atom is 0.490 e. The first-order valence-electron chi connectivity index (χ1n) is 6.96. The van der Waals surface area contributed by atoms with Gasteiger partial charge in [0.1, 0.15) is 12.1 Å². The quantitative estimate of drug-likeness (QED) is 0.491. The first-order chi connectivity index (χ1) is 11.1. The van der Waals surface area contributed by atoms with E-state index in [1.807, 2.05) is 0 Å². The molecule has 0 aliphatic heterocycles. The Morgan fingerprint density at radius 3 is 1.88 bits per heavy atom. The largest absolute Gasteiger partial charge is 0.490 e. The van der Waals surface area contributed by atoms with Crippen LogP contribution in [0.15, 0.2) is 12.1 Å². The molecule has 134 valence electrons. The van der Waals surface area contributed by atoms with Gasteiger partial charge in [0.2, 0.25) is 0 Å². The molecule has 1 aromatic rings. The van der Waals surface area contributed by atoms with Gasteiger partial charge in [-0.1, -0.05) is 0 Å². The van der Waals surface area contributed by atoms with Crippen molar-refractivity contribution in [3.05, 3.63) is 35.1 Å². The molecule has 0 bridgehead atoms. The van der Waals surface area contributed by atoms with Crippen LogP contribution in [-0.2, 0) is 9.59 Å². The van der Waals surface area contributed by atoms with Crippen molar-refractivity contribution in [3.63, 3.8) is 0 Å². The van der Waals surface area contributed by atoms with Crippen LogP contribution in [0, 0.1) is 23.4 Å². The molecular formula is C15H14F6O3. The third-order valence-corrected chi connectivity index (χ3v) is 3.69. The highest BCUT2D eigenvalue weighted by atomic mass is 19.4.